The van der Waals surface area contributed by atoms with Crippen LogP contribution in [0.25, 0.3) is 0 Å². The smallest absolute Gasteiger partial charge is 0.305 e. The molecule has 218 valence electrons. The number of thioether (sulfide) groups is 1. The second kappa shape index (κ2) is 10.5. The third-order valence-corrected chi connectivity index (χ3v) is 13.4. The molecule has 1 saturated heterocycles. The molecule has 1 N–H and O–H groups in total. The van der Waals surface area contributed by atoms with E-state index in [1.165, 1.54) is 21.8 Å². The number of ether oxygens (including phenoxy) is 1. The molecule has 0 spiro atoms. The Morgan fingerprint density at radius 1 is 0.930 bits per heavy atom. The highest BCUT2D eigenvalue weighted by Crippen LogP contribution is 2.69. The fourth-order valence-electron chi connectivity index (χ4n) is 8.03. The van der Waals surface area contributed by atoms with Gasteiger partial charge in [0.2, 0.25) is 11.8 Å². The molecule has 2 amide bonds. The van der Waals surface area contributed by atoms with Gasteiger partial charge in [0.15, 0.2) is 0 Å². The zero-order chi connectivity index (χ0) is 29.6. The summed E-state index contributed by atoms with van der Waals surface area (Å²) in [4.78, 5) is 46.1. The number of aromatic amines is 1. The fourth-order valence-corrected chi connectivity index (χ4v) is 11.6. The standard InChI is InChI=1S/C33H26Br2N2O4S2/c1-15-4-2-3-5-16(15)14-41-23-11-8-18(35)12-20(23)24-25-21-13-22(28(25)42-30-29(24)43-33(40)36-30)27-26(21)31(38)37(32(27)39)19-9-6-17(34)7-10-19/h2-12,21-22,24-28H,13-14H2,1H3,(H,36,40)/t21-,22-,24+,25+,26+,27+,28-/m1/s1. The number of aryl methyl sites for hydroxylation is 1. The quantitative estimate of drug-likeness (QED) is 0.215. The van der Waals surface area contributed by atoms with Gasteiger partial charge in [0.05, 0.1) is 22.5 Å². The van der Waals surface area contributed by atoms with Crippen molar-refractivity contribution in [1.29, 1.82) is 0 Å². The van der Waals surface area contributed by atoms with Crippen molar-refractivity contribution in [2.24, 2.45) is 29.6 Å². The van der Waals surface area contributed by atoms with Crippen LogP contribution in [0, 0.1) is 36.5 Å². The highest BCUT2D eigenvalue weighted by atomic mass is 79.9. The van der Waals surface area contributed by atoms with Crippen molar-refractivity contribution in [3.05, 3.63) is 107 Å². The summed E-state index contributed by atoms with van der Waals surface area (Å²) in [5.74, 6) is -0.0407. The highest BCUT2D eigenvalue weighted by Gasteiger charge is 2.69. The van der Waals surface area contributed by atoms with Gasteiger partial charge in [-0.15, -0.1) is 11.8 Å². The molecule has 4 aromatic rings. The number of aromatic nitrogens is 1. The lowest BCUT2D eigenvalue weighted by molar-refractivity contribution is -0.123. The molecular formula is C33H26Br2N2O4S2. The van der Waals surface area contributed by atoms with Crippen molar-refractivity contribution in [1.82, 2.24) is 4.98 Å². The van der Waals surface area contributed by atoms with Crippen LogP contribution in [0.1, 0.15) is 33.9 Å². The number of nitrogens with zero attached hydrogens (tertiary/aromatic N) is 1. The maximum absolute atomic E-state index is 14.1. The molecule has 3 fully saturated rings. The largest absolute Gasteiger partial charge is 0.489 e. The molecule has 3 aromatic carbocycles. The number of nitrogens with one attached hydrogen (secondary N) is 1. The molecule has 0 unspecified atom stereocenters. The normalized spacial score (nSPS) is 28.6. The average Bonchev–Trinajstić information content (AvgIpc) is 3.72. The van der Waals surface area contributed by atoms with Crippen LogP contribution in [-0.4, -0.2) is 22.0 Å². The number of hydrogen-bond acceptors (Lipinski definition) is 6. The molecule has 0 radical (unpaired) electrons. The molecule has 3 heterocycles. The maximum Gasteiger partial charge on any atom is 0.305 e. The van der Waals surface area contributed by atoms with Crippen molar-refractivity contribution < 1.29 is 14.3 Å². The number of benzene rings is 3. The predicted molar refractivity (Wildman–Crippen MR) is 175 cm³/mol. The van der Waals surface area contributed by atoms with Gasteiger partial charge < -0.3 is 9.72 Å². The van der Waals surface area contributed by atoms with E-state index >= 15 is 0 Å². The van der Waals surface area contributed by atoms with Crippen molar-refractivity contribution in [3.8, 4) is 5.75 Å². The lowest BCUT2D eigenvalue weighted by atomic mass is 9.68. The summed E-state index contributed by atoms with van der Waals surface area (Å²) in [6.07, 6.45) is 0.840. The zero-order valence-corrected chi connectivity index (χ0v) is 27.8. The minimum atomic E-state index is -0.355. The third-order valence-electron chi connectivity index (χ3n) is 9.76. The summed E-state index contributed by atoms with van der Waals surface area (Å²) in [5.41, 5.74) is 3.92. The van der Waals surface area contributed by atoms with E-state index in [1.807, 2.05) is 48.5 Å². The van der Waals surface area contributed by atoms with Crippen LogP contribution in [0.15, 0.2) is 85.5 Å². The molecule has 7 atom stereocenters. The lowest BCUT2D eigenvalue weighted by Gasteiger charge is -2.43. The van der Waals surface area contributed by atoms with Crippen LogP contribution in [0.4, 0.5) is 5.69 Å². The van der Waals surface area contributed by atoms with E-state index in [0.717, 1.165) is 42.1 Å². The second-order valence-corrected chi connectivity index (χ2v) is 15.9. The van der Waals surface area contributed by atoms with E-state index in [0.29, 0.717) is 12.3 Å². The van der Waals surface area contributed by atoms with Crippen LogP contribution in [0.3, 0.4) is 0 Å². The first kappa shape index (κ1) is 27.9. The first-order valence-electron chi connectivity index (χ1n) is 14.3. The van der Waals surface area contributed by atoms with Gasteiger partial charge in [0, 0.05) is 30.6 Å². The van der Waals surface area contributed by atoms with E-state index in [1.54, 1.807) is 11.8 Å². The molecule has 6 nitrogen and oxygen atoms in total. The number of halogens is 2. The number of amides is 2. The minimum Gasteiger partial charge on any atom is -0.489 e. The Labute approximate surface area is 273 Å². The molecule has 8 rings (SSSR count). The van der Waals surface area contributed by atoms with Gasteiger partial charge in [-0.25, -0.2) is 0 Å². The average molecular weight is 739 g/mol. The Morgan fingerprint density at radius 2 is 1.65 bits per heavy atom. The number of rotatable bonds is 5. The number of thiazole rings is 1. The Balaban J connectivity index is 1.20. The predicted octanol–water partition coefficient (Wildman–Crippen LogP) is 7.53. The van der Waals surface area contributed by atoms with Crippen LogP contribution in [-0.2, 0) is 16.2 Å². The first-order chi connectivity index (χ1) is 20.8. The summed E-state index contributed by atoms with van der Waals surface area (Å²) >= 11 is 10.1. The minimum absolute atomic E-state index is 0.0305. The van der Waals surface area contributed by atoms with Crippen molar-refractivity contribution in [2.75, 3.05) is 4.90 Å². The van der Waals surface area contributed by atoms with Crippen LogP contribution in [0.5, 0.6) is 5.75 Å². The van der Waals surface area contributed by atoms with E-state index in [9.17, 15) is 14.4 Å². The summed E-state index contributed by atoms with van der Waals surface area (Å²) in [6.45, 7) is 2.51. The molecule has 2 saturated carbocycles. The van der Waals surface area contributed by atoms with Gasteiger partial charge in [-0.3, -0.25) is 19.3 Å². The third kappa shape index (κ3) is 4.35. The van der Waals surface area contributed by atoms with E-state index in [4.69, 9.17) is 4.74 Å². The number of imide groups is 1. The van der Waals surface area contributed by atoms with Gasteiger partial charge in [-0.1, -0.05) is 67.5 Å². The SMILES string of the molecule is Cc1ccccc1COc1ccc(Br)cc1[C@@H]1c2sc(=O)[nH]c2S[C@@H]2[C@@H]3C[C@@H]([C@@H]4C(=O)N(c5ccc(Br)cc5)C(=O)[C@@H]34)[C@@H]12. The molecule has 2 aliphatic heterocycles. The van der Waals surface area contributed by atoms with Gasteiger partial charge in [-0.05, 0) is 84.7 Å². The Kier molecular flexibility index (Phi) is 6.78. The van der Waals surface area contributed by atoms with Gasteiger partial charge >= 0.3 is 4.87 Å². The van der Waals surface area contributed by atoms with Crippen molar-refractivity contribution in [3.63, 3.8) is 0 Å². The molecule has 10 heteroatoms. The summed E-state index contributed by atoms with van der Waals surface area (Å²) in [5, 5.41) is 0.996. The molecule has 4 aliphatic rings. The maximum atomic E-state index is 14.1. The van der Waals surface area contributed by atoms with Crippen LogP contribution >= 0.6 is 55.0 Å². The monoisotopic (exact) mass is 736 g/mol. The Morgan fingerprint density at radius 3 is 2.42 bits per heavy atom. The number of fused-ring (bicyclic) bond motifs is 9. The van der Waals surface area contributed by atoms with Gasteiger partial charge in [0.1, 0.15) is 12.4 Å². The zero-order valence-electron chi connectivity index (χ0n) is 23.0. The summed E-state index contributed by atoms with van der Waals surface area (Å²) < 4.78 is 8.36. The van der Waals surface area contributed by atoms with Gasteiger partial charge in [-0.2, -0.15) is 0 Å². The molecule has 1 aromatic heterocycles. The van der Waals surface area contributed by atoms with Crippen LogP contribution in [0.2, 0.25) is 0 Å². The number of H-pyrrole nitrogens is 1. The lowest BCUT2D eigenvalue weighted by Crippen LogP contribution is -2.42. The molecule has 43 heavy (non-hydrogen) atoms. The van der Waals surface area contributed by atoms with Gasteiger partial charge in [0.25, 0.3) is 0 Å². The number of carbonyl (C=O) groups excluding carboxylic acids is 2. The molecule has 2 aliphatic carbocycles. The number of hydrogen-bond donors (Lipinski definition) is 1. The van der Waals surface area contributed by atoms with Crippen molar-refractivity contribution in [2.45, 2.75) is 36.1 Å². The first-order valence-corrected chi connectivity index (χ1v) is 17.6. The molecule has 2 bridgehead atoms. The number of carbonyl (C=O) groups is 2. The van der Waals surface area contributed by atoms with E-state index < -0.39 is 0 Å². The topological polar surface area (TPSA) is 79.5 Å². The van der Waals surface area contributed by atoms with E-state index in [-0.39, 0.29) is 57.4 Å². The van der Waals surface area contributed by atoms with E-state index in [2.05, 4.69) is 62.0 Å². The summed E-state index contributed by atoms with van der Waals surface area (Å²) in [7, 11) is 0. The summed E-state index contributed by atoms with van der Waals surface area (Å²) in [6, 6.07) is 21.7. The second-order valence-electron chi connectivity index (χ2n) is 11.8. The Bertz CT molecular complexity index is 1850. The fraction of sp³-hybridized carbons (Fsp3) is 0.303. The Hall–Kier alpha value is -2.66. The highest BCUT2D eigenvalue weighted by molar-refractivity contribution is 9.10. The molecular weight excluding hydrogens is 712 g/mol. The number of anilines is 1. The van der Waals surface area contributed by atoms with Crippen molar-refractivity contribution >= 4 is 72.5 Å². The van der Waals surface area contributed by atoms with Crippen LogP contribution < -0.4 is 14.5 Å².